The summed E-state index contributed by atoms with van der Waals surface area (Å²) in [4.78, 5) is 4.28. The highest BCUT2D eigenvalue weighted by atomic mass is 19.2. The number of halogens is 2. The van der Waals surface area contributed by atoms with E-state index >= 15 is 0 Å². The minimum atomic E-state index is -0.900. The van der Waals surface area contributed by atoms with E-state index in [1.807, 2.05) is 25.1 Å². The second-order valence-electron chi connectivity index (χ2n) is 4.00. The number of nitrogens with zero attached hydrogens (tertiary/aromatic N) is 3. The maximum Gasteiger partial charge on any atom is 0.182 e. The lowest BCUT2D eigenvalue weighted by Crippen LogP contribution is -1.92. The highest BCUT2D eigenvalue weighted by molar-refractivity contribution is 5.58. The van der Waals surface area contributed by atoms with Gasteiger partial charge in [-0.15, -0.1) is 5.10 Å². The summed E-state index contributed by atoms with van der Waals surface area (Å²) in [5.41, 5.74) is 2.06. The zero-order valence-electron chi connectivity index (χ0n) is 9.56. The highest BCUT2D eigenvalue weighted by Crippen LogP contribution is 2.19. The highest BCUT2D eigenvalue weighted by Gasteiger charge is 2.10. The topological polar surface area (TPSA) is 30.2 Å². The van der Waals surface area contributed by atoms with Gasteiger partial charge < -0.3 is 0 Å². The van der Waals surface area contributed by atoms with Gasteiger partial charge in [-0.1, -0.05) is 6.07 Å². The molecule has 0 radical (unpaired) electrons. The van der Waals surface area contributed by atoms with E-state index in [9.17, 15) is 8.78 Å². The van der Waals surface area contributed by atoms with Crippen LogP contribution in [0.4, 0.5) is 8.78 Å². The number of hydrogen-bond acceptors (Lipinski definition) is 2. The molecule has 3 aromatic rings. The molecule has 90 valence electrons. The van der Waals surface area contributed by atoms with Gasteiger partial charge in [-0.25, -0.2) is 18.3 Å². The lowest BCUT2D eigenvalue weighted by Gasteiger charge is -1.96. The van der Waals surface area contributed by atoms with Gasteiger partial charge in [0, 0.05) is 11.3 Å². The second kappa shape index (κ2) is 3.87. The molecule has 2 aromatic heterocycles. The number of aromatic nitrogens is 3. The first kappa shape index (κ1) is 10.8. The van der Waals surface area contributed by atoms with Gasteiger partial charge in [-0.3, -0.25) is 0 Å². The minimum absolute atomic E-state index is 0.378. The fraction of sp³-hybridized carbons (Fsp3) is 0.0769. The largest absolute Gasteiger partial charge is 0.218 e. The van der Waals surface area contributed by atoms with Gasteiger partial charge in [0.15, 0.2) is 23.1 Å². The van der Waals surface area contributed by atoms with E-state index < -0.39 is 11.6 Å². The number of aryl methyl sites for hydroxylation is 1. The Labute approximate surface area is 102 Å². The van der Waals surface area contributed by atoms with Crippen LogP contribution in [0.25, 0.3) is 17.0 Å². The first-order valence-corrected chi connectivity index (χ1v) is 5.43. The van der Waals surface area contributed by atoms with Crippen LogP contribution >= 0.6 is 0 Å². The van der Waals surface area contributed by atoms with Crippen LogP contribution in [0, 0.1) is 18.6 Å². The molecular formula is C13H9F2N3. The first-order valence-electron chi connectivity index (χ1n) is 5.43. The van der Waals surface area contributed by atoms with Crippen LogP contribution in [-0.2, 0) is 0 Å². The van der Waals surface area contributed by atoms with Crippen LogP contribution < -0.4 is 0 Å². The smallest absolute Gasteiger partial charge is 0.182 e. The van der Waals surface area contributed by atoms with Crippen molar-refractivity contribution in [2.45, 2.75) is 6.92 Å². The average Bonchev–Trinajstić information content (AvgIpc) is 2.78. The van der Waals surface area contributed by atoms with Gasteiger partial charge in [0.1, 0.15) is 0 Å². The fourth-order valence-corrected chi connectivity index (χ4v) is 1.79. The minimum Gasteiger partial charge on any atom is -0.218 e. The van der Waals surface area contributed by atoms with Crippen molar-refractivity contribution in [3.63, 3.8) is 0 Å². The molecule has 0 fully saturated rings. The van der Waals surface area contributed by atoms with Crippen LogP contribution in [0.15, 0.2) is 36.4 Å². The third-order valence-corrected chi connectivity index (χ3v) is 2.73. The van der Waals surface area contributed by atoms with Crippen molar-refractivity contribution in [1.82, 2.24) is 14.6 Å². The van der Waals surface area contributed by atoms with E-state index in [1.165, 1.54) is 6.07 Å². The third-order valence-electron chi connectivity index (χ3n) is 2.73. The van der Waals surface area contributed by atoms with E-state index in [-0.39, 0.29) is 0 Å². The van der Waals surface area contributed by atoms with Gasteiger partial charge in [0.05, 0.1) is 0 Å². The number of rotatable bonds is 1. The average molecular weight is 245 g/mol. The first-order chi connectivity index (χ1) is 8.65. The Balaban J connectivity index is 2.19. The second-order valence-corrected chi connectivity index (χ2v) is 4.00. The molecule has 0 saturated carbocycles. The summed E-state index contributed by atoms with van der Waals surface area (Å²) >= 11 is 0. The van der Waals surface area contributed by atoms with E-state index in [1.54, 1.807) is 4.52 Å². The van der Waals surface area contributed by atoms with Crippen LogP contribution in [0.1, 0.15) is 5.69 Å². The zero-order valence-corrected chi connectivity index (χ0v) is 9.56. The summed E-state index contributed by atoms with van der Waals surface area (Å²) in [6.45, 7) is 1.90. The Kier molecular flexibility index (Phi) is 2.33. The van der Waals surface area contributed by atoms with Crippen LogP contribution in [-0.4, -0.2) is 14.6 Å². The number of pyridine rings is 1. The molecule has 3 rings (SSSR count). The van der Waals surface area contributed by atoms with Gasteiger partial charge >= 0.3 is 0 Å². The van der Waals surface area contributed by atoms with Crippen LogP contribution in [0.5, 0.6) is 0 Å². The summed E-state index contributed by atoms with van der Waals surface area (Å²) < 4.78 is 27.7. The van der Waals surface area contributed by atoms with Crippen LogP contribution in [0.2, 0.25) is 0 Å². The van der Waals surface area contributed by atoms with E-state index in [2.05, 4.69) is 10.1 Å². The summed E-state index contributed by atoms with van der Waals surface area (Å²) in [7, 11) is 0. The standard InChI is InChI=1S/C13H9F2N3/c1-8-3-2-4-12-16-13(17-18(8)12)9-5-6-10(14)11(15)7-9/h2-7H,1H3. The molecule has 0 spiro atoms. The number of benzene rings is 1. The molecule has 0 unspecified atom stereocenters. The maximum atomic E-state index is 13.2. The monoisotopic (exact) mass is 245 g/mol. The summed E-state index contributed by atoms with van der Waals surface area (Å²) in [5, 5.41) is 4.27. The van der Waals surface area contributed by atoms with Gasteiger partial charge in [-0.05, 0) is 37.3 Å². The van der Waals surface area contributed by atoms with Crippen molar-refractivity contribution in [2.75, 3.05) is 0 Å². The Morgan fingerprint density at radius 1 is 1.06 bits per heavy atom. The molecule has 2 heterocycles. The quantitative estimate of drug-likeness (QED) is 0.659. The molecule has 5 heteroatoms. The Morgan fingerprint density at radius 3 is 2.61 bits per heavy atom. The van der Waals surface area contributed by atoms with Crippen molar-refractivity contribution in [3.8, 4) is 11.4 Å². The van der Waals surface area contributed by atoms with Crippen molar-refractivity contribution >= 4 is 5.65 Å². The zero-order chi connectivity index (χ0) is 12.7. The molecule has 0 atom stereocenters. The molecule has 1 aromatic carbocycles. The Hall–Kier alpha value is -2.30. The predicted molar refractivity (Wildman–Crippen MR) is 63.1 cm³/mol. The predicted octanol–water partition coefficient (Wildman–Crippen LogP) is 2.98. The Bertz CT molecular complexity index is 734. The van der Waals surface area contributed by atoms with Gasteiger partial charge in [0.25, 0.3) is 0 Å². The molecule has 0 aliphatic carbocycles. The molecule has 0 bridgehead atoms. The number of hydrogen-bond donors (Lipinski definition) is 0. The molecule has 18 heavy (non-hydrogen) atoms. The fourth-order valence-electron chi connectivity index (χ4n) is 1.79. The van der Waals surface area contributed by atoms with Crippen molar-refractivity contribution < 1.29 is 8.78 Å². The number of fused-ring (bicyclic) bond motifs is 1. The summed E-state index contributed by atoms with van der Waals surface area (Å²) in [5.74, 6) is -1.40. The molecule has 3 nitrogen and oxygen atoms in total. The maximum absolute atomic E-state index is 13.2. The molecule has 0 aliphatic rings. The lowest BCUT2D eigenvalue weighted by atomic mass is 10.2. The lowest BCUT2D eigenvalue weighted by molar-refractivity contribution is 0.509. The molecule has 0 saturated heterocycles. The van der Waals surface area contributed by atoms with E-state index in [0.717, 1.165) is 17.8 Å². The van der Waals surface area contributed by atoms with Crippen molar-refractivity contribution in [1.29, 1.82) is 0 Å². The SMILES string of the molecule is Cc1cccc2nc(-c3ccc(F)c(F)c3)nn12. The van der Waals surface area contributed by atoms with Crippen molar-refractivity contribution in [3.05, 3.63) is 53.7 Å². The summed E-state index contributed by atoms with van der Waals surface area (Å²) in [6.07, 6.45) is 0. The molecule has 0 amide bonds. The Morgan fingerprint density at radius 2 is 1.89 bits per heavy atom. The normalized spacial score (nSPS) is 11.1. The van der Waals surface area contributed by atoms with Crippen LogP contribution in [0.3, 0.4) is 0 Å². The van der Waals surface area contributed by atoms with Gasteiger partial charge in [-0.2, -0.15) is 0 Å². The summed E-state index contributed by atoms with van der Waals surface area (Å²) in [6, 6.07) is 9.21. The van der Waals surface area contributed by atoms with E-state index in [4.69, 9.17) is 0 Å². The van der Waals surface area contributed by atoms with Gasteiger partial charge in [0.2, 0.25) is 0 Å². The molecule has 0 N–H and O–H groups in total. The third kappa shape index (κ3) is 1.64. The molecular weight excluding hydrogens is 236 g/mol. The molecule has 0 aliphatic heterocycles. The van der Waals surface area contributed by atoms with Crippen molar-refractivity contribution in [2.24, 2.45) is 0 Å². The van der Waals surface area contributed by atoms with E-state index in [0.29, 0.717) is 17.0 Å².